The average Bonchev–Trinajstić information content (AvgIpc) is 2.82. The first-order valence-electron chi connectivity index (χ1n) is 12.5. The Labute approximate surface area is 214 Å². The van der Waals surface area contributed by atoms with Crippen molar-refractivity contribution in [3.05, 3.63) is 76.3 Å². The van der Waals surface area contributed by atoms with Gasteiger partial charge in [-0.2, -0.15) is 0 Å². The van der Waals surface area contributed by atoms with Crippen LogP contribution in [-0.2, 0) is 20.8 Å². The van der Waals surface area contributed by atoms with Crippen LogP contribution in [-0.4, -0.2) is 36.9 Å². The van der Waals surface area contributed by atoms with E-state index in [4.69, 9.17) is 9.47 Å². The molecule has 1 N–H and O–H groups in total. The van der Waals surface area contributed by atoms with Crippen LogP contribution in [0, 0.1) is 20.8 Å². The molecule has 0 aromatic heterocycles. The van der Waals surface area contributed by atoms with Crippen molar-refractivity contribution in [3.63, 3.8) is 0 Å². The SMILES string of the molecule is COCCN1Cc2ccccc2-c2c(C)c(-c3ccc(C)cc3)c(C(OC(C)(C)C)C(=O)O)c(C)c21. The number of anilines is 1. The molecule has 1 aliphatic heterocycles. The number of aliphatic carboxylic acids is 1. The number of carboxylic acid groups (broad SMARTS) is 1. The molecule has 1 aliphatic rings. The maximum absolute atomic E-state index is 12.7. The first kappa shape index (κ1) is 25.9. The number of carbonyl (C=O) groups is 1. The summed E-state index contributed by atoms with van der Waals surface area (Å²) in [4.78, 5) is 15.1. The molecule has 0 bridgehead atoms. The maximum Gasteiger partial charge on any atom is 0.337 e. The summed E-state index contributed by atoms with van der Waals surface area (Å²) < 4.78 is 11.7. The lowest BCUT2D eigenvalue weighted by Gasteiger charge is -2.38. The van der Waals surface area contributed by atoms with Crippen molar-refractivity contribution >= 4 is 11.7 Å². The Morgan fingerprint density at radius 2 is 1.67 bits per heavy atom. The van der Waals surface area contributed by atoms with Gasteiger partial charge in [0, 0.05) is 37.0 Å². The first-order valence-corrected chi connectivity index (χ1v) is 12.5. The van der Waals surface area contributed by atoms with Gasteiger partial charge in [0.1, 0.15) is 0 Å². The van der Waals surface area contributed by atoms with Crippen molar-refractivity contribution < 1.29 is 19.4 Å². The molecule has 1 atom stereocenters. The molecule has 0 spiro atoms. The van der Waals surface area contributed by atoms with Crippen LogP contribution in [0.2, 0.25) is 0 Å². The van der Waals surface area contributed by atoms with E-state index in [0.717, 1.165) is 51.2 Å². The predicted octanol–water partition coefficient (Wildman–Crippen LogP) is 6.85. The van der Waals surface area contributed by atoms with Crippen molar-refractivity contribution in [3.8, 4) is 22.3 Å². The third-order valence-electron chi connectivity index (χ3n) is 6.84. The van der Waals surface area contributed by atoms with E-state index >= 15 is 0 Å². The lowest BCUT2D eigenvalue weighted by Crippen LogP contribution is -2.33. The lowest BCUT2D eigenvalue weighted by atomic mass is 9.79. The van der Waals surface area contributed by atoms with Crippen LogP contribution in [0.4, 0.5) is 5.69 Å². The highest BCUT2D eigenvalue weighted by Crippen LogP contribution is 2.50. The van der Waals surface area contributed by atoms with Gasteiger partial charge in [0.05, 0.1) is 12.2 Å². The quantitative estimate of drug-likeness (QED) is 0.395. The van der Waals surface area contributed by atoms with Crippen molar-refractivity contribution in [2.24, 2.45) is 0 Å². The summed E-state index contributed by atoms with van der Waals surface area (Å²) in [6.45, 7) is 13.9. The third-order valence-corrected chi connectivity index (χ3v) is 6.84. The van der Waals surface area contributed by atoms with Gasteiger partial charge in [0.25, 0.3) is 0 Å². The van der Waals surface area contributed by atoms with E-state index in [1.165, 1.54) is 11.1 Å². The molecule has 3 aromatic carbocycles. The molecule has 0 saturated heterocycles. The summed E-state index contributed by atoms with van der Waals surface area (Å²) in [7, 11) is 1.71. The minimum Gasteiger partial charge on any atom is -0.479 e. The van der Waals surface area contributed by atoms with E-state index in [-0.39, 0.29) is 0 Å². The summed E-state index contributed by atoms with van der Waals surface area (Å²) in [6.07, 6.45) is -1.10. The van der Waals surface area contributed by atoms with E-state index in [1.54, 1.807) is 7.11 Å². The number of aryl methyl sites for hydroxylation is 1. The number of carboxylic acids is 1. The number of benzene rings is 3. The first-order chi connectivity index (χ1) is 17.0. The zero-order chi connectivity index (χ0) is 26.2. The molecule has 3 aromatic rings. The highest BCUT2D eigenvalue weighted by molar-refractivity contribution is 5.96. The molecule has 1 heterocycles. The Morgan fingerprint density at radius 1 is 1.00 bits per heavy atom. The summed E-state index contributed by atoms with van der Waals surface area (Å²) in [5, 5.41) is 10.4. The van der Waals surface area contributed by atoms with E-state index < -0.39 is 17.7 Å². The summed E-state index contributed by atoms with van der Waals surface area (Å²) in [5.41, 5.74) is 9.86. The summed E-state index contributed by atoms with van der Waals surface area (Å²) in [5.74, 6) is -0.986. The lowest BCUT2D eigenvalue weighted by molar-refractivity contribution is -0.160. The second-order valence-electron chi connectivity index (χ2n) is 10.6. The molecule has 0 radical (unpaired) electrons. The number of rotatable bonds is 7. The third kappa shape index (κ3) is 4.91. The average molecular weight is 488 g/mol. The van der Waals surface area contributed by atoms with E-state index in [1.807, 2.05) is 27.7 Å². The standard InChI is InChI=1S/C31H37NO4/c1-19-12-14-22(15-13-19)25-20(2)26-24-11-9-8-10-23(24)18-32(16-17-35-7)28(26)21(3)27(25)29(30(33)34)36-31(4,5)6/h8-15,29H,16-18H2,1-7H3,(H,33,34). The van der Waals surface area contributed by atoms with Gasteiger partial charge < -0.3 is 19.5 Å². The number of nitrogens with zero attached hydrogens (tertiary/aromatic N) is 1. The highest BCUT2D eigenvalue weighted by atomic mass is 16.5. The van der Waals surface area contributed by atoms with Crippen LogP contribution in [0.1, 0.15) is 54.7 Å². The van der Waals surface area contributed by atoms with Gasteiger partial charge in [0.15, 0.2) is 6.10 Å². The fourth-order valence-corrected chi connectivity index (χ4v) is 5.32. The molecular weight excluding hydrogens is 450 g/mol. The van der Waals surface area contributed by atoms with E-state index in [2.05, 4.69) is 67.3 Å². The van der Waals surface area contributed by atoms with Crippen LogP contribution >= 0.6 is 0 Å². The minimum atomic E-state index is -1.10. The Morgan fingerprint density at radius 3 is 2.28 bits per heavy atom. The molecular formula is C31H37NO4. The second-order valence-corrected chi connectivity index (χ2v) is 10.6. The molecule has 36 heavy (non-hydrogen) atoms. The van der Waals surface area contributed by atoms with E-state index in [0.29, 0.717) is 13.2 Å². The maximum atomic E-state index is 12.7. The van der Waals surface area contributed by atoms with Gasteiger partial charge in [-0.05, 0) is 74.9 Å². The molecule has 190 valence electrons. The fraction of sp³-hybridized carbons (Fsp3) is 0.387. The van der Waals surface area contributed by atoms with Gasteiger partial charge in [0.2, 0.25) is 0 Å². The van der Waals surface area contributed by atoms with Crippen LogP contribution in [0.15, 0.2) is 48.5 Å². The fourth-order valence-electron chi connectivity index (χ4n) is 5.32. The molecule has 1 unspecified atom stereocenters. The van der Waals surface area contributed by atoms with Crippen LogP contribution in [0.5, 0.6) is 0 Å². The number of hydrogen-bond acceptors (Lipinski definition) is 4. The van der Waals surface area contributed by atoms with Gasteiger partial charge >= 0.3 is 5.97 Å². The van der Waals surface area contributed by atoms with Crippen molar-refractivity contribution in [1.29, 1.82) is 0 Å². The Bertz CT molecular complexity index is 1270. The predicted molar refractivity (Wildman–Crippen MR) is 146 cm³/mol. The summed E-state index contributed by atoms with van der Waals surface area (Å²) in [6, 6.07) is 16.8. The van der Waals surface area contributed by atoms with Crippen LogP contribution < -0.4 is 4.90 Å². The summed E-state index contributed by atoms with van der Waals surface area (Å²) >= 11 is 0. The monoisotopic (exact) mass is 487 g/mol. The Balaban J connectivity index is 2.11. The highest BCUT2D eigenvalue weighted by Gasteiger charge is 2.36. The molecule has 0 fully saturated rings. The topological polar surface area (TPSA) is 59.0 Å². The number of methoxy groups -OCH3 is 1. The van der Waals surface area contributed by atoms with Crippen LogP contribution in [0.3, 0.4) is 0 Å². The Kier molecular flexibility index (Phi) is 7.26. The molecule has 5 nitrogen and oxygen atoms in total. The largest absolute Gasteiger partial charge is 0.479 e. The molecule has 0 aliphatic carbocycles. The van der Waals surface area contributed by atoms with Crippen molar-refractivity contribution in [2.75, 3.05) is 25.2 Å². The van der Waals surface area contributed by atoms with Gasteiger partial charge in [-0.15, -0.1) is 0 Å². The second kappa shape index (κ2) is 10.1. The number of ether oxygens (including phenoxy) is 2. The zero-order valence-electron chi connectivity index (χ0n) is 22.4. The number of fused-ring (bicyclic) bond motifs is 3. The Hall–Kier alpha value is -3.15. The van der Waals surface area contributed by atoms with Gasteiger partial charge in [-0.3, -0.25) is 0 Å². The minimum absolute atomic E-state index is 0.579. The van der Waals surface area contributed by atoms with Gasteiger partial charge in [-0.1, -0.05) is 54.1 Å². The van der Waals surface area contributed by atoms with Crippen molar-refractivity contribution in [2.45, 2.75) is 59.8 Å². The number of hydrogen-bond donors (Lipinski definition) is 1. The normalized spacial score (nSPS) is 13.8. The van der Waals surface area contributed by atoms with Crippen LogP contribution in [0.25, 0.3) is 22.3 Å². The zero-order valence-corrected chi connectivity index (χ0v) is 22.4. The van der Waals surface area contributed by atoms with Gasteiger partial charge in [-0.25, -0.2) is 4.79 Å². The molecule has 5 heteroatoms. The van der Waals surface area contributed by atoms with E-state index in [9.17, 15) is 9.90 Å². The molecule has 4 rings (SSSR count). The molecule has 0 amide bonds. The van der Waals surface area contributed by atoms with Crippen molar-refractivity contribution in [1.82, 2.24) is 0 Å². The molecule has 0 saturated carbocycles. The smallest absolute Gasteiger partial charge is 0.337 e.